The molecule has 0 fully saturated rings. The highest BCUT2D eigenvalue weighted by molar-refractivity contribution is 5.91. The lowest BCUT2D eigenvalue weighted by molar-refractivity contribution is 1.28. The summed E-state index contributed by atoms with van der Waals surface area (Å²) < 4.78 is 0. The van der Waals surface area contributed by atoms with Crippen molar-refractivity contribution in [1.29, 1.82) is 0 Å². The van der Waals surface area contributed by atoms with Crippen molar-refractivity contribution >= 4 is 27.8 Å². The molecule has 0 heterocycles. The Kier molecular flexibility index (Phi) is 9.68. The van der Waals surface area contributed by atoms with E-state index in [1.807, 2.05) is 0 Å². The van der Waals surface area contributed by atoms with Crippen molar-refractivity contribution in [2.24, 2.45) is 0 Å². The Morgan fingerprint density at radius 2 is 0.559 bits per heavy atom. The zero-order chi connectivity index (χ0) is 39.4. The first-order valence-corrected chi connectivity index (χ1v) is 20.2. The van der Waals surface area contributed by atoms with Crippen molar-refractivity contribution in [1.82, 2.24) is 0 Å². The number of hydrogen-bond acceptors (Lipinski definition) is 1. The van der Waals surface area contributed by atoms with E-state index in [2.05, 4.69) is 254 Å². The molecule has 0 atom stereocenters. The SMILES string of the molecule is c1ccc(-c2ccc(-c3ccc(N(c4ccc(-c5cccc(-c6ccc7ccccc7c6)c5)cc4)c4ccccc4-c4cccc(-c5ccccc5)c4)cc3)cc2)cc1. The fourth-order valence-corrected chi connectivity index (χ4v) is 8.18. The molecule has 0 radical (unpaired) electrons. The van der Waals surface area contributed by atoms with E-state index < -0.39 is 0 Å². The molecule has 0 aliphatic rings. The van der Waals surface area contributed by atoms with Crippen LogP contribution in [0, 0.1) is 0 Å². The van der Waals surface area contributed by atoms with Crippen LogP contribution in [-0.4, -0.2) is 0 Å². The van der Waals surface area contributed by atoms with Gasteiger partial charge in [0.05, 0.1) is 5.69 Å². The van der Waals surface area contributed by atoms with Gasteiger partial charge in [0.1, 0.15) is 0 Å². The van der Waals surface area contributed by atoms with E-state index in [4.69, 9.17) is 0 Å². The molecule has 10 aromatic rings. The monoisotopic (exact) mass is 751 g/mol. The third kappa shape index (κ3) is 7.46. The first-order chi connectivity index (χ1) is 29.2. The van der Waals surface area contributed by atoms with E-state index in [-0.39, 0.29) is 0 Å². The first kappa shape index (κ1) is 35.7. The maximum atomic E-state index is 2.39. The number of fused-ring (bicyclic) bond motifs is 1. The second kappa shape index (κ2) is 16.0. The van der Waals surface area contributed by atoms with E-state index in [0.29, 0.717) is 0 Å². The molecule has 59 heavy (non-hydrogen) atoms. The largest absolute Gasteiger partial charge is 0.310 e. The smallest absolute Gasteiger partial charge is 0.0540 e. The summed E-state index contributed by atoms with van der Waals surface area (Å²) >= 11 is 0. The number of anilines is 3. The number of hydrogen-bond donors (Lipinski definition) is 0. The van der Waals surface area contributed by atoms with Crippen LogP contribution in [0.3, 0.4) is 0 Å². The first-order valence-electron chi connectivity index (χ1n) is 20.2. The second-order valence-electron chi connectivity index (χ2n) is 15.0. The zero-order valence-corrected chi connectivity index (χ0v) is 32.6. The normalized spacial score (nSPS) is 11.1. The van der Waals surface area contributed by atoms with Crippen LogP contribution in [0.1, 0.15) is 0 Å². The third-order valence-corrected chi connectivity index (χ3v) is 11.3. The predicted molar refractivity (Wildman–Crippen MR) is 251 cm³/mol. The Balaban J connectivity index is 1.03. The average molecular weight is 752 g/mol. The average Bonchev–Trinajstić information content (AvgIpc) is 3.33. The van der Waals surface area contributed by atoms with Crippen LogP contribution in [0.2, 0.25) is 0 Å². The van der Waals surface area contributed by atoms with Gasteiger partial charge in [0.2, 0.25) is 0 Å². The second-order valence-corrected chi connectivity index (χ2v) is 15.0. The van der Waals surface area contributed by atoms with Crippen LogP contribution in [-0.2, 0) is 0 Å². The Morgan fingerprint density at radius 1 is 0.203 bits per heavy atom. The molecule has 0 saturated heterocycles. The molecule has 10 rings (SSSR count). The summed E-state index contributed by atoms with van der Waals surface area (Å²) in [5.74, 6) is 0. The molecule has 10 aromatic carbocycles. The van der Waals surface area contributed by atoms with Crippen LogP contribution in [0.4, 0.5) is 17.1 Å². The molecule has 0 bridgehead atoms. The summed E-state index contributed by atoms with van der Waals surface area (Å²) in [7, 11) is 0. The molecular formula is C58H41N. The molecule has 278 valence electrons. The number of benzene rings is 10. The van der Waals surface area contributed by atoms with Crippen LogP contribution in [0.15, 0.2) is 249 Å². The van der Waals surface area contributed by atoms with Crippen LogP contribution in [0.5, 0.6) is 0 Å². The van der Waals surface area contributed by atoms with Crippen molar-refractivity contribution in [2.45, 2.75) is 0 Å². The summed E-state index contributed by atoms with van der Waals surface area (Å²) in [5, 5.41) is 2.51. The summed E-state index contributed by atoms with van der Waals surface area (Å²) in [4.78, 5) is 2.39. The third-order valence-electron chi connectivity index (χ3n) is 11.3. The number of nitrogens with zero attached hydrogens (tertiary/aromatic N) is 1. The van der Waals surface area contributed by atoms with E-state index in [1.165, 1.54) is 72.0 Å². The van der Waals surface area contributed by atoms with Gasteiger partial charge in [0, 0.05) is 16.9 Å². The van der Waals surface area contributed by atoms with Gasteiger partial charge in [0.15, 0.2) is 0 Å². The highest BCUT2D eigenvalue weighted by Gasteiger charge is 2.18. The summed E-state index contributed by atoms with van der Waals surface area (Å²) in [6, 6.07) is 89.8. The van der Waals surface area contributed by atoms with Gasteiger partial charge in [-0.05, 0) is 121 Å². The van der Waals surface area contributed by atoms with Crippen molar-refractivity contribution < 1.29 is 0 Å². The van der Waals surface area contributed by atoms with Crippen LogP contribution in [0.25, 0.3) is 77.5 Å². The summed E-state index contributed by atoms with van der Waals surface area (Å²) in [5.41, 5.74) is 17.6. The van der Waals surface area contributed by atoms with Gasteiger partial charge < -0.3 is 4.90 Å². The topological polar surface area (TPSA) is 3.24 Å². The Labute approximate surface area is 346 Å². The molecule has 0 amide bonds. The predicted octanol–water partition coefficient (Wildman–Crippen LogP) is 16.3. The van der Waals surface area contributed by atoms with Crippen LogP contribution >= 0.6 is 0 Å². The number of rotatable bonds is 9. The molecule has 0 unspecified atom stereocenters. The fourth-order valence-electron chi connectivity index (χ4n) is 8.18. The minimum absolute atomic E-state index is 1.09. The minimum atomic E-state index is 1.09. The quantitative estimate of drug-likeness (QED) is 0.142. The maximum absolute atomic E-state index is 2.39. The van der Waals surface area contributed by atoms with Gasteiger partial charge in [-0.3, -0.25) is 0 Å². The van der Waals surface area contributed by atoms with E-state index in [9.17, 15) is 0 Å². The van der Waals surface area contributed by atoms with Crippen molar-refractivity contribution in [3.8, 4) is 66.8 Å². The van der Waals surface area contributed by atoms with E-state index in [0.717, 1.165) is 22.6 Å². The molecule has 0 aliphatic heterocycles. The zero-order valence-electron chi connectivity index (χ0n) is 32.6. The molecule has 1 nitrogen and oxygen atoms in total. The minimum Gasteiger partial charge on any atom is -0.310 e. The highest BCUT2D eigenvalue weighted by atomic mass is 15.1. The molecule has 0 N–H and O–H groups in total. The fraction of sp³-hybridized carbons (Fsp3) is 0. The van der Waals surface area contributed by atoms with Gasteiger partial charge in [-0.25, -0.2) is 0 Å². The summed E-state index contributed by atoms with van der Waals surface area (Å²) in [6.45, 7) is 0. The lowest BCUT2D eigenvalue weighted by Gasteiger charge is -2.28. The Bertz CT molecular complexity index is 3000. The lowest BCUT2D eigenvalue weighted by Crippen LogP contribution is -2.11. The van der Waals surface area contributed by atoms with Gasteiger partial charge >= 0.3 is 0 Å². The molecule has 0 saturated carbocycles. The van der Waals surface area contributed by atoms with Gasteiger partial charge in [-0.2, -0.15) is 0 Å². The van der Waals surface area contributed by atoms with Crippen LogP contribution < -0.4 is 4.90 Å². The van der Waals surface area contributed by atoms with E-state index >= 15 is 0 Å². The van der Waals surface area contributed by atoms with Gasteiger partial charge in [0.25, 0.3) is 0 Å². The molecular weight excluding hydrogens is 711 g/mol. The molecule has 1 heteroatoms. The summed E-state index contributed by atoms with van der Waals surface area (Å²) in [6.07, 6.45) is 0. The standard InChI is InChI=1S/C58H41N/c1-3-13-42(14-4-1)45-25-27-46(28-26-45)47-31-35-55(36-32-47)59(58-24-10-9-23-57(58)54-22-12-20-51(41-54)43-15-5-2-6-16-43)56-37-33-48(34-38-56)50-19-11-21-52(39-50)53-30-29-44-17-7-8-18-49(44)40-53/h1-41H. The Hall–Kier alpha value is -7.74. The van der Waals surface area contributed by atoms with Crippen molar-refractivity contribution in [3.63, 3.8) is 0 Å². The van der Waals surface area contributed by atoms with Gasteiger partial charge in [-0.15, -0.1) is 0 Å². The molecule has 0 aliphatic carbocycles. The van der Waals surface area contributed by atoms with Gasteiger partial charge in [-0.1, -0.05) is 200 Å². The maximum Gasteiger partial charge on any atom is 0.0540 e. The lowest BCUT2D eigenvalue weighted by atomic mass is 9.96. The molecule has 0 aromatic heterocycles. The van der Waals surface area contributed by atoms with E-state index in [1.54, 1.807) is 0 Å². The Morgan fingerprint density at radius 3 is 1.15 bits per heavy atom. The van der Waals surface area contributed by atoms with Crippen molar-refractivity contribution in [3.05, 3.63) is 249 Å². The number of para-hydroxylation sites is 1. The highest BCUT2D eigenvalue weighted by Crippen LogP contribution is 2.43. The molecule has 0 spiro atoms. The van der Waals surface area contributed by atoms with Crippen molar-refractivity contribution in [2.75, 3.05) is 4.90 Å².